The van der Waals surface area contributed by atoms with Gasteiger partial charge in [-0.1, -0.05) is 28.1 Å². The van der Waals surface area contributed by atoms with Crippen molar-refractivity contribution in [3.05, 3.63) is 51.3 Å². The van der Waals surface area contributed by atoms with Crippen molar-refractivity contribution in [1.29, 1.82) is 0 Å². The van der Waals surface area contributed by atoms with E-state index in [1.807, 2.05) is 31.2 Å². The van der Waals surface area contributed by atoms with E-state index < -0.39 is 0 Å². The topological polar surface area (TPSA) is 69.8 Å². The minimum Gasteiger partial charge on any atom is -0.344 e. The summed E-state index contributed by atoms with van der Waals surface area (Å²) in [5.74, 6) is -0.135. The van der Waals surface area contributed by atoms with E-state index in [9.17, 15) is 4.79 Å². The van der Waals surface area contributed by atoms with Crippen LogP contribution in [-0.4, -0.2) is 22.6 Å². The summed E-state index contributed by atoms with van der Waals surface area (Å²) in [6.07, 6.45) is 0.886. The SMILES string of the molecule is CC(NC(=O)c1n[nH]c2c1CNCC2)c1cccc(Br)c1. The molecule has 2 aromatic rings. The van der Waals surface area contributed by atoms with Crippen molar-refractivity contribution in [2.45, 2.75) is 25.9 Å². The van der Waals surface area contributed by atoms with Crippen molar-refractivity contribution >= 4 is 21.8 Å². The summed E-state index contributed by atoms with van der Waals surface area (Å²) in [6.45, 7) is 3.58. The Morgan fingerprint density at radius 1 is 1.48 bits per heavy atom. The molecule has 0 aliphatic carbocycles. The second-order valence-corrected chi connectivity index (χ2v) is 6.12. The molecule has 1 aromatic carbocycles. The minimum absolute atomic E-state index is 0.0705. The minimum atomic E-state index is -0.135. The van der Waals surface area contributed by atoms with Crippen LogP contribution in [0.5, 0.6) is 0 Å². The number of H-pyrrole nitrogens is 1. The van der Waals surface area contributed by atoms with E-state index in [1.54, 1.807) is 0 Å². The van der Waals surface area contributed by atoms with Crippen LogP contribution >= 0.6 is 15.9 Å². The number of nitrogens with one attached hydrogen (secondary N) is 3. The fourth-order valence-electron chi connectivity index (χ4n) is 2.54. The Hall–Kier alpha value is -1.66. The van der Waals surface area contributed by atoms with Crippen LogP contribution in [0.15, 0.2) is 28.7 Å². The number of halogens is 1. The van der Waals surface area contributed by atoms with Gasteiger partial charge in [-0.15, -0.1) is 0 Å². The van der Waals surface area contributed by atoms with Gasteiger partial charge in [0.1, 0.15) is 0 Å². The van der Waals surface area contributed by atoms with Crippen LogP contribution in [0.1, 0.15) is 40.3 Å². The van der Waals surface area contributed by atoms with Gasteiger partial charge in [0.2, 0.25) is 0 Å². The number of aromatic nitrogens is 2. The number of hydrogen-bond acceptors (Lipinski definition) is 3. The maximum absolute atomic E-state index is 12.4. The van der Waals surface area contributed by atoms with E-state index in [0.29, 0.717) is 12.2 Å². The predicted molar refractivity (Wildman–Crippen MR) is 84.0 cm³/mol. The summed E-state index contributed by atoms with van der Waals surface area (Å²) in [5, 5.41) is 13.4. The van der Waals surface area contributed by atoms with E-state index in [-0.39, 0.29) is 11.9 Å². The van der Waals surface area contributed by atoms with E-state index in [0.717, 1.165) is 34.3 Å². The molecule has 1 atom stereocenters. The third kappa shape index (κ3) is 3.01. The number of carbonyl (C=O) groups is 1. The molecule has 21 heavy (non-hydrogen) atoms. The lowest BCUT2D eigenvalue weighted by molar-refractivity contribution is 0.0933. The third-order valence-electron chi connectivity index (χ3n) is 3.72. The average molecular weight is 349 g/mol. The molecule has 0 saturated heterocycles. The number of fused-ring (bicyclic) bond motifs is 1. The zero-order valence-corrected chi connectivity index (χ0v) is 13.3. The maximum atomic E-state index is 12.4. The summed E-state index contributed by atoms with van der Waals surface area (Å²) in [4.78, 5) is 12.4. The summed E-state index contributed by atoms with van der Waals surface area (Å²) in [5.41, 5.74) is 3.61. The summed E-state index contributed by atoms with van der Waals surface area (Å²) >= 11 is 3.45. The molecule has 3 N–H and O–H groups in total. The Morgan fingerprint density at radius 2 is 2.33 bits per heavy atom. The van der Waals surface area contributed by atoms with Gasteiger partial charge in [0.15, 0.2) is 5.69 Å². The molecule has 2 heterocycles. The number of amides is 1. The molecule has 1 amide bonds. The van der Waals surface area contributed by atoms with E-state index in [1.165, 1.54) is 0 Å². The van der Waals surface area contributed by atoms with Gasteiger partial charge >= 0.3 is 0 Å². The van der Waals surface area contributed by atoms with Crippen molar-refractivity contribution in [3.63, 3.8) is 0 Å². The van der Waals surface area contributed by atoms with E-state index in [4.69, 9.17) is 0 Å². The molecule has 1 aliphatic rings. The number of aromatic amines is 1. The van der Waals surface area contributed by atoms with Gasteiger partial charge < -0.3 is 10.6 Å². The Bertz CT molecular complexity index is 667. The number of rotatable bonds is 3. The molecular formula is C15H17BrN4O. The summed E-state index contributed by atoms with van der Waals surface area (Å²) < 4.78 is 1.00. The van der Waals surface area contributed by atoms with Crippen LogP contribution in [0, 0.1) is 0 Å². The first-order valence-corrected chi connectivity index (χ1v) is 7.77. The maximum Gasteiger partial charge on any atom is 0.272 e. The molecule has 0 saturated carbocycles. The van der Waals surface area contributed by atoms with Crippen molar-refractivity contribution in [2.75, 3.05) is 6.54 Å². The van der Waals surface area contributed by atoms with Gasteiger partial charge in [0.25, 0.3) is 5.91 Å². The molecule has 1 aromatic heterocycles. The van der Waals surface area contributed by atoms with Gasteiger partial charge in [0, 0.05) is 35.2 Å². The van der Waals surface area contributed by atoms with Gasteiger partial charge in [-0.2, -0.15) is 5.10 Å². The zero-order chi connectivity index (χ0) is 14.8. The predicted octanol–water partition coefficient (Wildman–Crippen LogP) is 2.31. The fourth-order valence-corrected chi connectivity index (χ4v) is 2.95. The molecule has 110 valence electrons. The first-order chi connectivity index (χ1) is 10.1. The van der Waals surface area contributed by atoms with Crippen LogP contribution < -0.4 is 10.6 Å². The molecule has 1 unspecified atom stereocenters. The van der Waals surface area contributed by atoms with E-state index in [2.05, 4.69) is 36.8 Å². The largest absolute Gasteiger partial charge is 0.344 e. The normalized spacial score (nSPS) is 15.3. The highest BCUT2D eigenvalue weighted by Gasteiger charge is 2.22. The number of nitrogens with zero attached hydrogens (tertiary/aromatic N) is 1. The quantitative estimate of drug-likeness (QED) is 0.797. The molecule has 0 fully saturated rings. The fraction of sp³-hybridized carbons (Fsp3) is 0.333. The van der Waals surface area contributed by atoms with Gasteiger partial charge in [0.05, 0.1) is 6.04 Å². The van der Waals surface area contributed by atoms with Crippen molar-refractivity contribution in [3.8, 4) is 0 Å². The van der Waals surface area contributed by atoms with Gasteiger partial charge in [-0.05, 0) is 24.6 Å². The first kappa shape index (κ1) is 14.3. The van der Waals surface area contributed by atoms with Crippen molar-refractivity contribution in [2.24, 2.45) is 0 Å². The molecule has 6 heteroatoms. The van der Waals surface area contributed by atoms with Crippen LogP contribution in [0.3, 0.4) is 0 Å². The van der Waals surface area contributed by atoms with Crippen LogP contribution in [0.4, 0.5) is 0 Å². The molecule has 0 radical (unpaired) electrons. The standard InChI is InChI=1S/C15H17BrN4O/c1-9(10-3-2-4-11(16)7-10)18-15(21)14-12-8-17-6-5-13(12)19-20-14/h2-4,7,9,17H,5-6,8H2,1H3,(H,18,21)(H,19,20). The highest BCUT2D eigenvalue weighted by atomic mass is 79.9. The average Bonchev–Trinajstić information content (AvgIpc) is 2.91. The number of carbonyl (C=O) groups excluding carboxylic acids is 1. The van der Waals surface area contributed by atoms with Crippen LogP contribution in [-0.2, 0) is 13.0 Å². The lowest BCUT2D eigenvalue weighted by Crippen LogP contribution is -2.30. The smallest absolute Gasteiger partial charge is 0.272 e. The first-order valence-electron chi connectivity index (χ1n) is 6.98. The number of hydrogen-bond donors (Lipinski definition) is 3. The Balaban J connectivity index is 1.76. The lowest BCUT2D eigenvalue weighted by Gasteiger charge is -2.16. The molecular weight excluding hydrogens is 332 g/mol. The summed E-state index contributed by atoms with van der Waals surface area (Å²) in [6, 6.07) is 7.86. The summed E-state index contributed by atoms with van der Waals surface area (Å²) in [7, 11) is 0. The van der Waals surface area contributed by atoms with Crippen LogP contribution in [0.25, 0.3) is 0 Å². The Kier molecular flexibility index (Phi) is 4.07. The van der Waals surface area contributed by atoms with Crippen LogP contribution in [0.2, 0.25) is 0 Å². The van der Waals surface area contributed by atoms with Crippen molar-refractivity contribution in [1.82, 2.24) is 20.8 Å². The number of benzene rings is 1. The second kappa shape index (κ2) is 5.99. The molecule has 3 rings (SSSR count). The molecule has 5 nitrogen and oxygen atoms in total. The Morgan fingerprint density at radius 3 is 3.14 bits per heavy atom. The molecule has 1 aliphatic heterocycles. The second-order valence-electron chi connectivity index (χ2n) is 5.21. The highest BCUT2D eigenvalue weighted by Crippen LogP contribution is 2.20. The lowest BCUT2D eigenvalue weighted by atomic mass is 10.1. The molecule has 0 bridgehead atoms. The Labute approximate surface area is 131 Å². The molecule has 0 spiro atoms. The third-order valence-corrected chi connectivity index (χ3v) is 4.21. The van der Waals surface area contributed by atoms with Gasteiger partial charge in [-0.25, -0.2) is 0 Å². The van der Waals surface area contributed by atoms with Gasteiger partial charge in [-0.3, -0.25) is 9.89 Å². The highest BCUT2D eigenvalue weighted by molar-refractivity contribution is 9.10. The zero-order valence-electron chi connectivity index (χ0n) is 11.7. The van der Waals surface area contributed by atoms with E-state index >= 15 is 0 Å². The van der Waals surface area contributed by atoms with Crippen molar-refractivity contribution < 1.29 is 4.79 Å². The monoisotopic (exact) mass is 348 g/mol.